The van der Waals surface area contributed by atoms with Crippen LogP contribution in [0.4, 0.5) is 0 Å². The summed E-state index contributed by atoms with van der Waals surface area (Å²) in [4.78, 5) is 5.33. The van der Waals surface area contributed by atoms with Crippen molar-refractivity contribution < 1.29 is 4.74 Å². The fourth-order valence-electron chi connectivity index (χ4n) is 1.16. The highest BCUT2D eigenvalue weighted by atomic mass is 35.6. The summed E-state index contributed by atoms with van der Waals surface area (Å²) in [6, 6.07) is 3.92. The van der Waals surface area contributed by atoms with Crippen molar-refractivity contribution in [2.24, 2.45) is 4.99 Å². The third-order valence-electron chi connectivity index (χ3n) is 1.77. The SMILES string of the molecule is ClC(Cl)(Cl)C1=NC(c2cccs2)CO1. The minimum Gasteiger partial charge on any atom is -0.475 e. The molecule has 0 aromatic carbocycles. The highest BCUT2D eigenvalue weighted by molar-refractivity contribution is 7.10. The molecule has 2 nitrogen and oxygen atoms in total. The molecule has 14 heavy (non-hydrogen) atoms. The highest BCUT2D eigenvalue weighted by Gasteiger charge is 2.35. The number of ether oxygens (including phenoxy) is 1. The lowest BCUT2D eigenvalue weighted by Crippen LogP contribution is -2.18. The number of halogens is 3. The van der Waals surface area contributed by atoms with Crippen LogP contribution in [0.25, 0.3) is 0 Å². The van der Waals surface area contributed by atoms with Gasteiger partial charge in [-0.2, -0.15) is 0 Å². The van der Waals surface area contributed by atoms with E-state index in [0.717, 1.165) is 4.88 Å². The minimum atomic E-state index is -1.55. The van der Waals surface area contributed by atoms with Crippen molar-refractivity contribution in [1.82, 2.24) is 0 Å². The van der Waals surface area contributed by atoms with Crippen LogP contribution in [0.3, 0.4) is 0 Å². The fourth-order valence-corrected chi connectivity index (χ4v) is 2.21. The van der Waals surface area contributed by atoms with Gasteiger partial charge >= 0.3 is 0 Å². The summed E-state index contributed by atoms with van der Waals surface area (Å²) in [6.07, 6.45) is 0. The van der Waals surface area contributed by atoms with Crippen LogP contribution in [0.1, 0.15) is 10.9 Å². The second-order valence-electron chi connectivity index (χ2n) is 2.77. The van der Waals surface area contributed by atoms with E-state index in [1.54, 1.807) is 11.3 Å². The average molecular weight is 271 g/mol. The summed E-state index contributed by atoms with van der Waals surface area (Å²) in [5.41, 5.74) is 0. The first kappa shape index (κ1) is 10.6. The molecule has 0 amide bonds. The number of alkyl halides is 3. The number of rotatable bonds is 1. The van der Waals surface area contributed by atoms with Gasteiger partial charge in [-0.25, -0.2) is 4.99 Å². The third-order valence-corrected chi connectivity index (χ3v) is 3.22. The van der Waals surface area contributed by atoms with E-state index in [1.807, 2.05) is 17.5 Å². The predicted octanol–water partition coefficient (Wildman–Crippen LogP) is 3.59. The van der Waals surface area contributed by atoms with E-state index in [1.165, 1.54) is 0 Å². The smallest absolute Gasteiger partial charge is 0.266 e. The average Bonchev–Trinajstić information content (AvgIpc) is 2.73. The molecule has 0 spiro atoms. The maximum Gasteiger partial charge on any atom is 0.266 e. The molecule has 1 aromatic heterocycles. The van der Waals surface area contributed by atoms with Gasteiger partial charge in [0.25, 0.3) is 3.79 Å². The van der Waals surface area contributed by atoms with Crippen molar-refractivity contribution in [3.8, 4) is 0 Å². The van der Waals surface area contributed by atoms with Gasteiger partial charge in [-0.1, -0.05) is 40.9 Å². The first-order chi connectivity index (χ1) is 6.57. The number of aliphatic imine (C=N–C) groups is 1. The van der Waals surface area contributed by atoms with Crippen molar-refractivity contribution >= 4 is 52.0 Å². The number of thiophene rings is 1. The minimum absolute atomic E-state index is 0.0272. The Labute approximate surface area is 100 Å². The Morgan fingerprint density at radius 3 is 2.79 bits per heavy atom. The van der Waals surface area contributed by atoms with E-state index >= 15 is 0 Å². The van der Waals surface area contributed by atoms with Crippen LogP contribution < -0.4 is 0 Å². The molecule has 0 fully saturated rings. The quantitative estimate of drug-likeness (QED) is 0.715. The molecule has 0 bridgehead atoms. The summed E-state index contributed by atoms with van der Waals surface area (Å²) >= 11 is 18.6. The van der Waals surface area contributed by atoms with Crippen LogP contribution in [0.15, 0.2) is 22.5 Å². The van der Waals surface area contributed by atoms with E-state index in [-0.39, 0.29) is 11.9 Å². The van der Waals surface area contributed by atoms with Crippen molar-refractivity contribution in [1.29, 1.82) is 0 Å². The van der Waals surface area contributed by atoms with Crippen molar-refractivity contribution in [2.75, 3.05) is 6.61 Å². The largest absolute Gasteiger partial charge is 0.475 e. The summed E-state index contributed by atoms with van der Waals surface area (Å²) in [7, 11) is 0. The summed E-state index contributed by atoms with van der Waals surface area (Å²) in [6.45, 7) is 0.448. The Bertz CT molecular complexity index is 344. The molecule has 0 radical (unpaired) electrons. The second kappa shape index (κ2) is 3.89. The standard InChI is InChI=1S/C8H6Cl3NOS/c9-8(10,11)7-12-5(4-13-7)6-2-1-3-14-6/h1-3,5H,4H2. The van der Waals surface area contributed by atoms with Gasteiger partial charge in [0.05, 0.1) is 0 Å². The third kappa shape index (κ3) is 2.16. The van der Waals surface area contributed by atoms with Gasteiger partial charge < -0.3 is 4.74 Å². The lowest BCUT2D eigenvalue weighted by molar-refractivity contribution is 0.315. The molecule has 76 valence electrons. The molecule has 0 aliphatic carbocycles. The number of hydrogen-bond donors (Lipinski definition) is 0. The van der Waals surface area contributed by atoms with Gasteiger partial charge in [0.2, 0.25) is 5.90 Å². The zero-order valence-corrected chi connectivity index (χ0v) is 10.00. The molecule has 1 aliphatic heterocycles. The van der Waals surface area contributed by atoms with Gasteiger partial charge in [0.1, 0.15) is 12.6 Å². The lowest BCUT2D eigenvalue weighted by atomic mass is 10.3. The van der Waals surface area contributed by atoms with Crippen LogP contribution in [-0.4, -0.2) is 16.3 Å². The monoisotopic (exact) mass is 269 g/mol. The zero-order valence-electron chi connectivity index (χ0n) is 6.91. The molecule has 1 atom stereocenters. The van der Waals surface area contributed by atoms with Crippen molar-refractivity contribution in [3.63, 3.8) is 0 Å². The first-order valence-corrected chi connectivity index (χ1v) is 5.90. The molecule has 1 aromatic rings. The molecular weight excluding hydrogens is 265 g/mol. The van der Waals surface area contributed by atoms with Crippen LogP contribution in [-0.2, 0) is 4.74 Å². The molecule has 0 N–H and O–H groups in total. The molecule has 2 rings (SSSR count). The Morgan fingerprint density at radius 1 is 1.50 bits per heavy atom. The summed E-state index contributed by atoms with van der Waals surface area (Å²) in [5.74, 6) is 0.181. The van der Waals surface area contributed by atoms with Crippen LogP contribution in [0.5, 0.6) is 0 Å². The lowest BCUT2D eigenvalue weighted by Gasteiger charge is -2.08. The van der Waals surface area contributed by atoms with Crippen molar-refractivity contribution in [3.05, 3.63) is 22.4 Å². The molecule has 2 heterocycles. The molecule has 6 heteroatoms. The Morgan fingerprint density at radius 2 is 2.29 bits per heavy atom. The van der Waals surface area contributed by atoms with E-state index in [4.69, 9.17) is 39.5 Å². The molecule has 1 unspecified atom stereocenters. The summed E-state index contributed by atoms with van der Waals surface area (Å²) in [5, 5.41) is 1.98. The number of nitrogens with zero attached hydrogens (tertiary/aromatic N) is 1. The zero-order chi connectivity index (χ0) is 10.2. The van der Waals surface area contributed by atoms with Gasteiger partial charge in [-0.05, 0) is 11.4 Å². The second-order valence-corrected chi connectivity index (χ2v) is 6.03. The van der Waals surface area contributed by atoms with Gasteiger partial charge in [-0.3, -0.25) is 0 Å². The normalized spacial score (nSPS) is 21.9. The Kier molecular flexibility index (Phi) is 2.93. The van der Waals surface area contributed by atoms with Crippen molar-refractivity contribution in [2.45, 2.75) is 9.83 Å². The van der Waals surface area contributed by atoms with Gasteiger partial charge in [0.15, 0.2) is 0 Å². The predicted molar refractivity (Wildman–Crippen MR) is 60.7 cm³/mol. The van der Waals surface area contributed by atoms with E-state index in [0.29, 0.717) is 6.61 Å². The Hall–Kier alpha value is 0.0400. The Balaban J connectivity index is 2.17. The molecule has 0 saturated heterocycles. The molecule has 0 saturated carbocycles. The van der Waals surface area contributed by atoms with Crippen LogP contribution in [0, 0.1) is 0 Å². The first-order valence-electron chi connectivity index (χ1n) is 3.88. The van der Waals surface area contributed by atoms with E-state index in [9.17, 15) is 0 Å². The van der Waals surface area contributed by atoms with Gasteiger partial charge in [-0.15, -0.1) is 11.3 Å². The van der Waals surface area contributed by atoms with E-state index in [2.05, 4.69) is 4.99 Å². The summed E-state index contributed by atoms with van der Waals surface area (Å²) < 4.78 is 3.67. The van der Waals surface area contributed by atoms with E-state index < -0.39 is 3.79 Å². The van der Waals surface area contributed by atoms with Crippen LogP contribution >= 0.6 is 46.1 Å². The van der Waals surface area contributed by atoms with Gasteiger partial charge in [0, 0.05) is 4.88 Å². The molecular formula is C8H6Cl3NOS. The molecule has 1 aliphatic rings. The number of hydrogen-bond acceptors (Lipinski definition) is 3. The maximum absolute atomic E-state index is 5.64. The fraction of sp³-hybridized carbons (Fsp3) is 0.375. The van der Waals surface area contributed by atoms with Crippen LogP contribution in [0.2, 0.25) is 0 Å². The highest BCUT2D eigenvalue weighted by Crippen LogP contribution is 2.35. The topological polar surface area (TPSA) is 21.6 Å². The maximum atomic E-state index is 5.64.